The molecule has 3 heteroatoms. The maximum atomic E-state index is 12.3. The van der Waals surface area contributed by atoms with Crippen molar-refractivity contribution in [2.75, 3.05) is 0 Å². The first-order valence-corrected chi connectivity index (χ1v) is 8.85. The Morgan fingerprint density at radius 1 is 0.708 bits per heavy atom. The highest BCUT2D eigenvalue weighted by atomic mass is 16.4. The van der Waals surface area contributed by atoms with E-state index >= 15 is 0 Å². The zero-order chi connectivity index (χ0) is 19.5. The number of hydrogen-bond donors (Lipinski definition) is 1. The van der Waals surface area contributed by atoms with Crippen LogP contribution in [0.25, 0.3) is 0 Å². The van der Waals surface area contributed by atoms with Crippen LogP contribution in [0.2, 0.25) is 0 Å². The number of carbonyl (C=O) groups is 1. The summed E-state index contributed by atoms with van der Waals surface area (Å²) in [6.07, 6.45) is 0. The minimum absolute atomic E-state index is 0.149. The molecule has 0 fully saturated rings. The van der Waals surface area contributed by atoms with E-state index in [0.29, 0.717) is 5.56 Å². The molecule has 0 atom stereocenters. The van der Waals surface area contributed by atoms with Crippen LogP contribution >= 0.6 is 0 Å². The smallest absolute Gasteiger partial charge is 0.337 e. The van der Waals surface area contributed by atoms with Crippen molar-refractivity contribution in [3.8, 4) is 0 Å². The Morgan fingerprint density at radius 2 is 1.08 bits per heavy atom. The Labute approximate surface area is 148 Å². The van der Waals surface area contributed by atoms with Crippen molar-refractivity contribution >= 4 is 5.97 Å². The maximum Gasteiger partial charge on any atom is 0.337 e. The van der Waals surface area contributed by atoms with Gasteiger partial charge >= 0.3 is 5.97 Å². The van der Waals surface area contributed by atoms with E-state index in [2.05, 4.69) is 87.7 Å². The Bertz CT molecular complexity index is 586. The molecule has 0 unspecified atom stereocenters. The van der Waals surface area contributed by atoms with Gasteiger partial charge in [0.2, 0.25) is 0 Å². The van der Waals surface area contributed by atoms with Crippen molar-refractivity contribution in [2.24, 2.45) is 0 Å². The third-order valence-corrected chi connectivity index (χ3v) is 4.23. The topological polar surface area (TPSA) is 42.2 Å². The second kappa shape index (κ2) is 5.64. The molecular formula is C21H37NO2. The van der Waals surface area contributed by atoms with Crippen molar-refractivity contribution in [3.63, 3.8) is 0 Å². The molecule has 1 heterocycles. The molecule has 0 aliphatic heterocycles. The highest BCUT2D eigenvalue weighted by Gasteiger charge is 2.42. The summed E-state index contributed by atoms with van der Waals surface area (Å²) in [6.45, 7) is 25.7. The number of aromatic nitrogens is 1. The van der Waals surface area contributed by atoms with Gasteiger partial charge in [-0.05, 0) is 31.7 Å². The molecule has 0 saturated carbocycles. The molecule has 0 aromatic carbocycles. The molecule has 138 valence electrons. The monoisotopic (exact) mass is 335 g/mol. The lowest BCUT2D eigenvalue weighted by molar-refractivity contribution is 0.0691. The highest BCUT2D eigenvalue weighted by Crippen LogP contribution is 2.45. The van der Waals surface area contributed by atoms with Crippen LogP contribution in [0.5, 0.6) is 0 Å². The molecule has 0 amide bonds. The average Bonchev–Trinajstić information content (AvgIpc) is 2.61. The van der Waals surface area contributed by atoms with Crippen LogP contribution in [0.15, 0.2) is 0 Å². The van der Waals surface area contributed by atoms with Crippen LogP contribution in [-0.4, -0.2) is 15.6 Å². The quantitative estimate of drug-likeness (QED) is 0.701. The number of carboxylic acids is 1. The van der Waals surface area contributed by atoms with Gasteiger partial charge in [0.05, 0.1) is 5.56 Å². The van der Waals surface area contributed by atoms with Gasteiger partial charge < -0.3 is 9.67 Å². The molecule has 1 rings (SSSR count). The van der Waals surface area contributed by atoms with E-state index in [1.807, 2.05) is 0 Å². The summed E-state index contributed by atoms with van der Waals surface area (Å²) in [7, 11) is 0. The Kier molecular flexibility index (Phi) is 4.89. The largest absolute Gasteiger partial charge is 0.478 e. The van der Waals surface area contributed by atoms with Crippen LogP contribution < -0.4 is 0 Å². The van der Waals surface area contributed by atoms with E-state index in [1.54, 1.807) is 0 Å². The van der Waals surface area contributed by atoms with Crippen molar-refractivity contribution in [2.45, 2.75) is 105 Å². The SMILES string of the molecule is CC(C)(C)c1c(C(=O)O)c(C(C)(C)C)n(C(C)(C)C)c1C(C)(C)C. The van der Waals surface area contributed by atoms with E-state index in [9.17, 15) is 9.90 Å². The fourth-order valence-corrected chi connectivity index (χ4v) is 3.60. The van der Waals surface area contributed by atoms with E-state index < -0.39 is 5.97 Å². The summed E-state index contributed by atoms with van der Waals surface area (Å²) in [5.41, 5.74) is 2.69. The first-order valence-electron chi connectivity index (χ1n) is 8.85. The zero-order valence-electron chi connectivity index (χ0n) is 17.8. The number of rotatable bonds is 1. The fourth-order valence-electron chi connectivity index (χ4n) is 3.60. The summed E-state index contributed by atoms with van der Waals surface area (Å²) in [5, 5.41) is 10.1. The van der Waals surface area contributed by atoms with Gasteiger partial charge in [0.25, 0.3) is 0 Å². The first-order chi connectivity index (χ1) is 10.3. The van der Waals surface area contributed by atoms with Gasteiger partial charge in [-0.25, -0.2) is 4.79 Å². The van der Waals surface area contributed by atoms with Gasteiger partial charge in [0.1, 0.15) is 0 Å². The van der Waals surface area contributed by atoms with Gasteiger partial charge in [-0.2, -0.15) is 0 Å². The van der Waals surface area contributed by atoms with E-state index in [4.69, 9.17) is 0 Å². The fraction of sp³-hybridized carbons (Fsp3) is 0.762. The molecule has 3 nitrogen and oxygen atoms in total. The number of nitrogens with zero attached hydrogens (tertiary/aromatic N) is 1. The summed E-state index contributed by atoms with van der Waals surface area (Å²) in [6, 6.07) is 0. The summed E-state index contributed by atoms with van der Waals surface area (Å²) in [4.78, 5) is 12.3. The number of carboxylic acid groups (broad SMARTS) is 1. The summed E-state index contributed by atoms with van der Waals surface area (Å²) < 4.78 is 2.30. The molecular weight excluding hydrogens is 298 g/mol. The van der Waals surface area contributed by atoms with Crippen LogP contribution in [0, 0.1) is 0 Å². The lowest BCUT2D eigenvalue weighted by atomic mass is 9.76. The molecule has 1 N–H and O–H groups in total. The lowest BCUT2D eigenvalue weighted by Crippen LogP contribution is -2.35. The normalized spacial score (nSPS) is 14.2. The molecule has 0 aliphatic carbocycles. The second-order valence-corrected chi connectivity index (χ2v) is 11.0. The molecule has 0 radical (unpaired) electrons. The Hall–Kier alpha value is -1.25. The molecule has 0 saturated heterocycles. The predicted octanol–water partition coefficient (Wildman–Crippen LogP) is 5.83. The zero-order valence-corrected chi connectivity index (χ0v) is 17.8. The maximum absolute atomic E-state index is 12.3. The highest BCUT2D eigenvalue weighted by molar-refractivity contribution is 5.93. The molecule has 1 aromatic heterocycles. The third-order valence-electron chi connectivity index (χ3n) is 4.23. The molecule has 0 spiro atoms. The van der Waals surface area contributed by atoms with Gasteiger partial charge in [-0.1, -0.05) is 62.3 Å². The summed E-state index contributed by atoms with van der Waals surface area (Å²) >= 11 is 0. The lowest BCUT2D eigenvalue weighted by Gasteiger charge is -2.37. The first kappa shape index (κ1) is 20.8. The van der Waals surface area contributed by atoms with Gasteiger partial charge in [0, 0.05) is 27.8 Å². The van der Waals surface area contributed by atoms with E-state index in [1.165, 1.54) is 0 Å². The molecule has 1 aromatic rings. The molecule has 24 heavy (non-hydrogen) atoms. The Morgan fingerprint density at radius 3 is 1.29 bits per heavy atom. The third kappa shape index (κ3) is 3.70. The van der Waals surface area contributed by atoms with Crippen molar-refractivity contribution in [1.82, 2.24) is 4.57 Å². The summed E-state index contributed by atoms with van der Waals surface area (Å²) in [5.74, 6) is -0.821. The van der Waals surface area contributed by atoms with Crippen LogP contribution in [0.4, 0.5) is 0 Å². The predicted molar refractivity (Wildman–Crippen MR) is 102 cm³/mol. The minimum Gasteiger partial charge on any atom is -0.478 e. The second-order valence-electron chi connectivity index (χ2n) is 11.0. The van der Waals surface area contributed by atoms with Gasteiger partial charge in [0.15, 0.2) is 0 Å². The van der Waals surface area contributed by atoms with Crippen molar-refractivity contribution < 1.29 is 9.90 Å². The standard InChI is InChI=1S/C21H37NO2/c1-18(2,3)14-13(17(23)24)15(19(4,5)6)22(21(10,11)12)16(14)20(7,8)9/h1-12H3,(H,23,24). The van der Waals surface area contributed by atoms with Crippen LogP contribution in [-0.2, 0) is 21.8 Å². The van der Waals surface area contributed by atoms with Gasteiger partial charge in [-0.15, -0.1) is 0 Å². The number of hydrogen-bond acceptors (Lipinski definition) is 1. The number of aromatic carboxylic acids is 1. The Balaban J connectivity index is 4.33. The van der Waals surface area contributed by atoms with E-state index in [-0.39, 0.29) is 21.8 Å². The van der Waals surface area contributed by atoms with E-state index in [0.717, 1.165) is 17.0 Å². The molecule has 0 bridgehead atoms. The minimum atomic E-state index is -0.821. The average molecular weight is 336 g/mol. The van der Waals surface area contributed by atoms with Crippen molar-refractivity contribution in [3.05, 3.63) is 22.5 Å². The van der Waals surface area contributed by atoms with Crippen LogP contribution in [0.1, 0.15) is 110 Å². The molecule has 0 aliphatic rings. The van der Waals surface area contributed by atoms with Crippen molar-refractivity contribution in [1.29, 1.82) is 0 Å². The van der Waals surface area contributed by atoms with Crippen LogP contribution in [0.3, 0.4) is 0 Å². The van der Waals surface area contributed by atoms with Gasteiger partial charge in [-0.3, -0.25) is 0 Å².